The number of aliphatic hydroxyl groups is 1. The normalized spacial score (nSPS) is 16.4. The molecule has 1 saturated carbocycles. The van der Waals surface area contributed by atoms with Crippen LogP contribution in [-0.2, 0) is 18.4 Å². The zero-order chi connectivity index (χ0) is 21.4. The summed E-state index contributed by atoms with van der Waals surface area (Å²) >= 11 is 0. The van der Waals surface area contributed by atoms with E-state index in [1.807, 2.05) is 30.5 Å². The van der Waals surface area contributed by atoms with Crippen molar-refractivity contribution in [3.05, 3.63) is 71.7 Å². The van der Waals surface area contributed by atoms with Crippen LogP contribution < -0.4 is 0 Å². The maximum atomic E-state index is 13.1. The second kappa shape index (κ2) is 7.95. The van der Waals surface area contributed by atoms with Crippen LogP contribution >= 0.6 is 0 Å². The molecule has 0 amide bonds. The number of H-pyrrole nitrogens is 1. The molecular weight excluding hydrogens is 377 g/mol. The standard InChI is InChI=1S/C25H30FN3O/c1-4-24(2,3)13-21-16-28-23(29-21)14-25(30,19-9-10-19)18-7-5-17(6-8-18)22-12-11-20(26)15-27-22/h5-8,11-12,15-16,19,30H,4,9-10,13-14H2,1-3H3,(H,28,29). The Kier molecular flexibility index (Phi) is 5.49. The zero-order valence-corrected chi connectivity index (χ0v) is 18.0. The molecule has 4 nitrogen and oxygen atoms in total. The fourth-order valence-corrected chi connectivity index (χ4v) is 4.00. The van der Waals surface area contributed by atoms with Crippen LogP contribution in [0.3, 0.4) is 0 Å². The lowest BCUT2D eigenvalue weighted by molar-refractivity contribution is 0.0114. The Morgan fingerprint density at radius 3 is 2.37 bits per heavy atom. The Hall–Kier alpha value is -2.53. The molecule has 0 saturated heterocycles. The average Bonchev–Trinajstić information content (AvgIpc) is 3.51. The first kappa shape index (κ1) is 20.7. The van der Waals surface area contributed by atoms with Crippen LogP contribution in [0.2, 0.25) is 0 Å². The zero-order valence-electron chi connectivity index (χ0n) is 18.0. The van der Waals surface area contributed by atoms with Crippen molar-refractivity contribution in [3.8, 4) is 11.3 Å². The van der Waals surface area contributed by atoms with E-state index in [9.17, 15) is 9.50 Å². The van der Waals surface area contributed by atoms with Gasteiger partial charge in [-0.2, -0.15) is 0 Å². The first-order chi connectivity index (χ1) is 14.3. The lowest BCUT2D eigenvalue weighted by Gasteiger charge is -2.28. The number of aromatic amines is 1. The molecule has 1 aliphatic carbocycles. The monoisotopic (exact) mass is 407 g/mol. The molecule has 2 aromatic heterocycles. The lowest BCUT2D eigenvalue weighted by Crippen LogP contribution is -2.31. The SMILES string of the molecule is CCC(C)(C)Cc1cnc(CC(O)(c2ccc(-c3ccc(F)cn3)cc2)C2CC2)[nH]1. The third-order valence-electron chi connectivity index (χ3n) is 6.40. The second-order valence-electron chi connectivity index (χ2n) is 9.36. The van der Waals surface area contributed by atoms with Crippen molar-refractivity contribution >= 4 is 0 Å². The molecule has 0 spiro atoms. The van der Waals surface area contributed by atoms with Crippen LogP contribution in [0, 0.1) is 17.2 Å². The molecule has 2 N–H and O–H groups in total. The Bertz CT molecular complexity index is 990. The van der Waals surface area contributed by atoms with E-state index < -0.39 is 5.60 Å². The van der Waals surface area contributed by atoms with Gasteiger partial charge in [0.05, 0.1) is 17.5 Å². The van der Waals surface area contributed by atoms with Crippen molar-refractivity contribution in [1.29, 1.82) is 0 Å². The molecular formula is C25H30FN3O. The summed E-state index contributed by atoms with van der Waals surface area (Å²) in [6.07, 6.45) is 7.68. The Labute approximate surface area is 177 Å². The van der Waals surface area contributed by atoms with Crippen molar-refractivity contribution < 1.29 is 9.50 Å². The maximum Gasteiger partial charge on any atom is 0.141 e. The molecule has 1 unspecified atom stereocenters. The molecule has 1 atom stereocenters. The summed E-state index contributed by atoms with van der Waals surface area (Å²) in [5.74, 6) is 0.724. The van der Waals surface area contributed by atoms with Crippen molar-refractivity contribution in [3.63, 3.8) is 0 Å². The number of halogens is 1. The van der Waals surface area contributed by atoms with Gasteiger partial charge < -0.3 is 10.1 Å². The van der Waals surface area contributed by atoms with E-state index in [4.69, 9.17) is 0 Å². The summed E-state index contributed by atoms with van der Waals surface area (Å²) in [4.78, 5) is 12.1. The van der Waals surface area contributed by atoms with E-state index in [1.54, 1.807) is 6.07 Å². The first-order valence-electron chi connectivity index (χ1n) is 10.8. The van der Waals surface area contributed by atoms with E-state index in [0.29, 0.717) is 12.1 Å². The molecule has 1 aromatic carbocycles. The van der Waals surface area contributed by atoms with Gasteiger partial charge in [-0.1, -0.05) is 51.5 Å². The molecule has 0 aliphatic heterocycles. The van der Waals surface area contributed by atoms with Gasteiger partial charge >= 0.3 is 0 Å². The minimum absolute atomic E-state index is 0.223. The largest absolute Gasteiger partial charge is 0.384 e. The Morgan fingerprint density at radius 2 is 1.77 bits per heavy atom. The van der Waals surface area contributed by atoms with Crippen LogP contribution in [0.5, 0.6) is 0 Å². The molecule has 0 radical (unpaired) electrons. The number of rotatable bonds is 8. The highest BCUT2D eigenvalue weighted by molar-refractivity contribution is 5.59. The van der Waals surface area contributed by atoms with E-state index >= 15 is 0 Å². The van der Waals surface area contributed by atoms with Gasteiger partial charge in [-0.15, -0.1) is 0 Å². The molecule has 0 bridgehead atoms. The molecule has 2 heterocycles. The number of hydrogen-bond acceptors (Lipinski definition) is 3. The average molecular weight is 408 g/mol. The van der Waals surface area contributed by atoms with Gasteiger partial charge in [0.1, 0.15) is 11.6 Å². The van der Waals surface area contributed by atoms with Crippen LogP contribution in [-0.4, -0.2) is 20.1 Å². The predicted octanol–water partition coefficient (Wildman–Crippen LogP) is 5.43. The minimum atomic E-state index is -0.940. The number of aromatic nitrogens is 3. The first-order valence-corrected chi connectivity index (χ1v) is 10.8. The van der Waals surface area contributed by atoms with Gasteiger partial charge in [-0.25, -0.2) is 9.37 Å². The van der Waals surface area contributed by atoms with E-state index in [2.05, 4.69) is 35.7 Å². The van der Waals surface area contributed by atoms with Crippen molar-refractivity contribution in [2.45, 2.75) is 58.5 Å². The second-order valence-corrected chi connectivity index (χ2v) is 9.36. The summed E-state index contributed by atoms with van der Waals surface area (Å²) in [6, 6.07) is 10.9. The highest BCUT2D eigenvalue weighted by atomic mass is 19.1. The Balaban J connectivity index is 1.54. The minimum Gasteiger partial charge on any atom is -0.384 e. The summed E-state index contributed by atoms with van der Waals surface area (Å²) in [5.41, 5.74) is 2.91. The van der Waals surface area contributed by atoms with Crippen LogP contribution in [0.15, 0.2) is 48.8 Å². The van der Waals surface area contributed by atoms with Crippen molar-refractivity contribution in [2.75, 3.05) is 0 Å². The molecule has 4 rings (SSSR count). The topological polar surface area (TPSA) is 61.8 Å². The number of nitrogens with one attached hydrogen (secondary N) is 1. The third-order valence-corrected chi connectivity index (χ3v) is 6.40. The molecule has 1 aliphatic rings. The lowest BCUT2D eigenvalue weighted by atomic mass is 9.84. The molecule has 5 heteroatoms. The van der Waals surface area contributed by atoms with Gasteiger partial charge in [-0.05, 0) is 48.3 Å². The smallest absolute Gasteiger partial charge is 0.141 e. The molecule has 1 fully saturated rings. The number of imidazole rings is 1. The molecule has 30 heavy (non-hydrogen) atoms. The maximum absolute atomic E-state index is 13.1. The van der Waals surface area contributed by atoms with Gasteiger partial charge in [0.2, 0.25) is 0 Å². The van der Waals surface area contributed by atoms with Gasteiger partial charge in [0.15, 0.2) is 0 Å². The number of nitrogens with zero attached hydrogens (tertiary/aromatic N) is 2. The molecule has 3 aromatic rings. The fourth-order valence-electron chi connectivity index (χ4n) is 4.00. The van der Waals surface area contributed by atoms with E-state index in [-0.39, 0.29) is 17.2 Å². The van der Waals surface area contributed by atoms with Crippen LogP contribution in [0.4, 0.5) is 4.39 Å². The van der Waals surface area contributed by atoms with E-state index in [0.717, 1.165) is 48.3 Å². The fraction of sp³-hybridized carbons (Fsp3) is 0.440. The van der Waals surface area contributed by atoms with Crippen molar-refractivity contribution in [1.82, 2.24) is 15.0 Å². The third kappa shape index (κ3) is 4.46. The van der Waals surface area contributed by atoms with Crippen LogP contribution in [0.1, 0.15) is 57.1 Å². The quantitative estimate of drug-likeness (QED) is 0.523. The number of hydrogen-bond donors (Lipinski definition) is 2. The summed E-state index contributed by atoms with van der Waals surface area (Å²) in [7, 11) is 0. The summed E-state index contributed by atoms with van der Waals surface area (Å²) < 4.78 is 13.1. The highest BCUT2D eigenvalue weighted by Crippen LogP contribution is 2.47. The van der Waals surface area contributed by atoms with Crippen molar-refractivity contribution in [2.24, 2.45) is 11.3 Å². The van der Waals surface area contributed by atoms with Gasteiger partial charge in [0, 0.05) is 23.9 Å². The Morgan fingerprint density at radius 1 is 1.03 bits per heavy atom. The van der Waals surface area contributed by atoms with Crippen LogP contribution in [0.25, 0.3) is 11.3 Å². The van der Waals surface area contributed by atoms with Gasteiger partial charge in [-0.3, -0.25) is 4.98 Å². The van der Waals surface area contributed by atoms with Gasteiger partial charge in [0.25, 0.3) is 0 Å². The summed E-state index contributed by atoms with van der Waals surface area (Å²) in [5, 5.41) is 11.6. The molecule has 158 valence electrons. The predicted molar refractivity (Wildman–Crippen MR) is 116 cm³/mol. The highest BCUT2D eigenvalue weighted by Gasteiger charge is 2.45. The number of benzene rings is 1. The summed E-state index contributed by atoms with van der Waals surface area (Å²) in [6.45, 7) is 6.71. The number of pyridine rings is 1. The van der Waals surface area contributed by atoms with E-state index in [1.165, 1.54) is 12.3 Å².